The Labute approximate surface area is 95.8 Å². The van der Waals surface area contributed by atoms with Crippen molar-refractivity contribution in [3.63, 3.8) is 0 Å². The number of aromatic nitrogens is 2. The third-order valence-corrected chi connectivity index (χ3v) is 2.82. The first-order valence-electron chi connectivity index (χ1n) is 5.48. The van der Waals surface area contributed by atoms with E-state index < -0.39 is 0 Å². The molecule has 1 atom stereocenters. The molecular formula is C13H17N3. The number of aryl methyl sites for hydroxylation is 1. The maximum absolute atomic E-state index is 4.58. The molecule has 1 N–H and O–H groups in total. The largest absolute Gasteiger partial charge is 0.330 e. The van der Waals surface area contributed by atoms with Crippen molar-refractivity contribution in [3.05, 3.63) is 42.7 Å². The zero-order chi connectivity index (χ0) is 11.5. The molecule has 3 heteroatoms. The van der Waals surface area contributed by atoms with Crippen molar-refractivity contribution < 1.29 is 0 Å². The molecule has 84 valence electrons. The topological polar surface area (TPSA) is 29.9 Å². The molecule has 0 aliphatic heterocycles. The predicted molar refractivity (Wildman–Crippen MR) is 67.2 cm³/mol. The highest BCUT2D eigenvalue weighted by Gasteiger charge is 2.06. The summed E-state index contributed by atoms with van der Waals surface area (Å²) < 4.78 is 2.12. The normalized spacial score (nSPS) is 12.9. The van der Waals surface area contributed by atoms with Crippen LogP contribution in [0.1, 0.15) is 12.7 Å². The van der Waals surface area contributed by atoms with E-state index >= 15 is 0 Å². The van der Waals surface area contributed by atoms with E-state index in [2.05, 4.69) is 34.4 Å². The van der Waals surface area contributed by atoms with Crippen molar-refractivity contribution in [2.24, 2.45) is 7.05 Å². The quantitative estimate of drug-likeness (QED) is 0.793. The van der Waals surface area contributed by atoms with Crippen molar-refractivity contribution in [3.8, 4) is 0 Å². The van der Waals surface area contributed by atoms with Crippen LogP contribution in [0.5, 0.6) is 0 Å². The predicted octanol–water partition coefficient (Wildman–Crippen LogP) is 2.24. The van der Waals surface area contributed by atoms with E-state index in [0.717, 1.165) is 17.9 Å². The van der Waals surface area contributed by atoms with Crippen LogP contribution in [0.25, 0.3) is 11.0 Å². The van der Waals surface area contributed by atoms with Gasteiger partial charge in [-0.15, -0.1) is 6.58 Å². The second-order valence-electron chi connectivity index (χ2n) is 3.98. The molecule has 0 fully saturated rings. The van der Waals surface area contributed by atoms with Gasteiger partial charge in [-0.1, -0.05) is 18.2 Å². The summed E-state index contributed by atoms with van der Waals surface area (Å²) in [7, 11) is 2.05. The first-order chi connectivity index (χ1) is 7.72. The van der Waals surface area contributed by atoms with Crippen LogP contribution in [0.4, 0.5) is 0 Å². The van der Waals surface area contributed by atoms with Crippen molar-refractivity contribution >= 4 is 11.0 Å². The molecule has 3 nitrogen and oxygen atoms in total. The molecule has 2 rings (SSSR count). The molecular weight excluding hydrogens is 198 g/mol. The van der Waals surface area contributed by atoms with Gasteiger partial charge in [0.25, 0.3) is 0 Å². The molecule has 1 heterocycles. The molecule has 0 saturated carbocycles. The average Bonchev–Trinajstić information content (AvgIpc) is 2.64. The zero-order valence-electron chi connectivity index (χ0n) is 9.77. The van der Waals surface area contributed by atoms with Crippen molar-refractivity contribution in [2.75, 3.05) is 0 Å². The minimum absolute atomic E-state index is 0.305. The first-order valence-corrected chi connectivity index (χ1v) is 5.48. The summed E-state index contributed by atoms with van der Waals surface area (Å²) in [6.45, 7) is 6.59. The minimum Gasteiger partial charge on any atom is -0.330 e. The number of hydrogen-bond acceptors (Lipinski definition) is 2. The van der Waals surface area contributed by atoms with Crippen LogP contribution in [0.15, 0.2) is 36.9 Å². The number of fused-ring (bicyclic) bond motifs is 1. The van der Waals surface area contributed by atoms with Crippen molar-refractivity contribution in [1.82, 2.24) is 14.9 Å². The number of para-hydroxylation sites is 2. The number of rotatable bonds is 4. The Morgan fingerprint density at radius 3 is 2.94 bits per heavy atom. The van der Waals surface area contributed by atoms with Crippen molar-refractivity contribution in [2.45, 2.75) is 19.5 Å². The molecule has 2 aromatic rings. The lowest BCUT2D eigenvalue weighted by molar-refractivity contribution is 0.600. The molecule has 0 aliphatic carbocycles. The van der Waals surface area contributed by atoms with Gasteiger partial charge in [0.05, 0.1) is 17.6 Å². The van der Waals surface area contributed by atoms with E-state index in [1.807, 2.05) is 31.3 Å². The van der Waals surface area contributed by atoms with E-state index in [9.17, 15) is 0 Å². The lowest BCUT2D eigenvalue weighted by Crippen LogP contribution is -2.24. The van der Waals surface area contributed by atoms with Crippen LogP contribution in [0.2, 0.25) is 0 Å². The number of nitrogens with one attached hydrogen (secondary N) is 1. The molecule has 1 aromatic carbocycles. The van der Waals surface area contributed by atoms with E-state index in [1.54, 1.807) is 0 Å². The second kappa shape index (κ2) is 4.49. The average molecular weight is 215 g/mol. The van der Waals surface area contributed by atoms with Gasteiger partial charge in [0.2, 0.25) is 0 Å². The van der Waals surface area contributed by atoms with Crippen LogP contribution in [0.3, 0.4) is 0 Å². The third-order valence-electron chi connectivity index (χ3n) is 2.82. The Hall–Kier alpha value is -1.61. The Morgan fingerprint density at radius 2 is 2.25 bits per heavy atom. The summed E-state index contributed by atoms with van der Waals surface area (Å²) in [5.74, 6) is 1.05. The number of imidazole rings is 1. The summed E-state index contributed by atoms with van der Waals surface area (Å²) >= 11 is 0. The molecule has 0 aliphatic rings. The molecule has 0 amide bonds. The van der Waals surface area contributed by atoms with Crippen LogP contribution in [-0.2, 0) is 13.6 Å². The fourth-order valence-electron chi connectivity index (χ4n) is 1.69. The Kier molecular flexibility index (Phi) is 3.06. The summed E-state index contributed by atoms with van der Waals surface area (Å²) in [6.07, 6.45) is 1.89. The third kappa shape index (κ3) is 1.99. The molecule has 16 heavy (non-hydrogen) atoms. The molecule has 0 bridgehead atoms. The SMILES string of the molecule is C=CC(C)NCc1nc2ccccc2n1C. The monoisotopic (exact) mass is 215 g/mol. The van der Waals surface area contributed by atoms with Crippen LogP contribution >= 0.6 is 0 Å². The van der Waals surface area contributed by atoms with Gasteiger partial charge in [0.1, 0.15) is 5.82 Å². The van der Waals surface area contributed by atoms with E-state index in [-0.39, 0.29) is 0 Å². The zero-order valence-corrected chi connectivity index (χ0v) is 9.77. The summed E-state index contributed by atoms with van der Waals surface area (Å²) in [4.78, 5) is 4.58. The van der Waals surface area contributed by atoms with Gasteiger partial charge in [-0.05, 0) is 19.1 Å². The smallest absolute Gasteiger partial charge is 0.123 e. The van der Waals surface area contributed by atoms with E-state index in [1.165, 1.54) is 5.52 Å². The minimum atomic E-state index is 0.305. The van der Waals surface area contributed by atoms with Crippen LogP contribution in [-0.4, -0.2) is 15.6 Å². The van der Waals surface area contributed by atoms with Gasteiger partial charge in [-0.25, -0.2) is 4.98 Å². The Balaban J connectivity index is 2.24. The van der Waals surface area contributed by atoms with Crippen LogP contribution in [0, 0.1) is 0 Å². The summed E-state index contributed by atoms with van der Waals surface area (Å²) in [5, 5.41) is 3.35. The summed E-state index contributed by atoms with van der Waals surface area (Å²) in [6, 6.07) is 8.48. The van der Waals surface area contributed by atoms with Gasteiger partial charge in [-0.2, -0.15) is 0 Å². The highest BCUT2D eigenvalue weighted by atomic mass is 15.1. The first kappa shape index (κ1) is 10.9. The van der Waals surface area contributed by atoms with Gasteiger partial charge in [0, 0.05) is 13.1 Å². The lowest BCUT2D eigenvalue weighted by Gasteiger charge is -2.08. The van der Waals surface area contributed by atoms with E-state index in [4.69, 9.17) is 0 Å². The molecule has 1 unspecified atom stereocenters. The molecule has 0 radical (unpaired) electrons. The van der Waals surface area contributed by atoms with Gasteiger partial charge in [-0.3, -0.25) is 0 Å². The highest BCUT2D eigenvalue weighted by Crippen LogP contribution is 2.13. The lowest BCUT2D eigenvalue weighted by atomic mass is 10.3. The maximum atomic E-state index is 4.58. The fourth-order valence-corrected chi connectivity index (χ4v) is 1.69. The van der Waals surface area contributed by atoms with Gasteiger partial charge < -0.3 is 9.88 Å². The number of nitrogens with zero attached hydrogens (tertiary/aromatic N) is 2. The van der Waals surface area contributed by atoms with E-state index in [0.29, 0.717) is 6.04 Å². The maximum Gasteiger partial charge on any atom is 0.123 e. The summed E-state index contributed by atoms with van der Waals surface area (Å²) in [5.41, 5.74) is 2.22. The molecule has 0 saturated heterocycles. The Bertz CT molecular complexity index is 499. The Morgan fingerprint density at radius 1 is 1.50 bits per heavy atom. The van der Waals surface area contributed by atoms with Gasteiger partial charge >= 0.3 is 0 Å². The van der Waals surface area contributed by atoms with Gasteiger partial charge in [0.15, 0.2) is 0 Å². The second-order valence-corrected chi connectivity index (χ2v) is 3.98. The fraction of sp³-hybridized carbons (Fsp3) is 0.308. The number of benzene rings is 1. The molecule has 1 aromatic heterocycles. The highest BCUT2D eigenvalue weighted by molar-refractivity contribution is 5.75. The molecule has 0 spiro atoms. The standard InChI is InChI=1S/C13H17N3/c1-4-10(2)14-9-13-15-11-7-5-6-8-12(11)16(13)3/h4-8,10,14H,1,9H2,2-3H3. The van der Waals surface area contributed by atoms with Crippen molar-refractivity contribution in [1.29, 1.82) is 0 Å². The number of hydrogen-bond donors (Lipinski definition) is 1. The van der Waals surface area contributed by atoms with Crippen LogP contribution < -0.4 is 5.32 Å².